The summed E-state index contributed by atoms with van der Waals surface area (Å²) < 4.78 is 5.44. The molecule has 0 spiro atoms. The van der Waals surface area contributed by atoms with E-state index < -0.39 is 5.41 Å². The number of rotatable bonds is 9. The Balaban J connectivity index is 1.54. The minimum Gasteiger partial charge on any atom is -0.496 e. The topological polar surface area (TPSA) is 88.2 Å². The van der Waals surface area contributed by atoms with Crippen LogP contribution in [-0.4, -0.2) is 42.6 Å². The van der Waals surface area contributed by atoms with Crippen molar-refractivity contribution in [3.8, 4) is 5.75 Å². The van der Waals surface area contributed by atoms with Crippen LogP contribution in [0.4, 0.5) is 11.8 Å². The Labute approximate surface area is 159 Å². The Morgan fingerprint density at radius 2 is 1.96 bits per heavy atom. The van der Waals surface area contributed by atoms with Crippen molar-refractivity contribution in [1.29, 1.82) is 0 Å². The molecule has 1 aliphatic carbocycles. The van der Waals surface area contributed by atoms with Gasteiger partial charge in [-0.2, -0.15) is 4.98 Å². The Bertz CT molecular complexity index is 805. The molecule has 0 saturated heterocycles. The highest BCUT2D eigenvalue weighted by molar-refractivity contribution is 5.92. The molecule has 7 heteroatoms. The van der Waals surface area contributed by atoms with E-state index in [0.717, 1.165) is 42.2 Å². The normalized spacial score (nSPS) is 14.3. The van der Waals surface area contributed by atoms with Crippen molar-refractivity contribution in [2.45, 2.75) is 32.1 Å². The number of hydrogen-bond donors (Lipinski definition) is 3. The first-order chi connectivity index (χ1) is 13.1. The summed E-state index contributed by atoms with van der Waals surface area (Å²) in [5, 5.41) is 9.40. The quantitative estimate of drug-likeness (QED) is 0.589. The minimum atomic E-state index is -0.448. The standard InChI is InChI=1S/C20H27N5O2/c1-4-21-19-24-14(2)13-17(25-19)22-11-12-23-18(26)20(9-10-20)15-7-5-6-8-16(15)27-3/h5-8,13H,4,9-12H2,1-3H3,(H,23,26)(H2,21,22,24,25). The fraction of sp³-hybridized carbons (Fsp3) is 0.450. The van der Waals surface area contributed by atoms with Gasteiger partial charge in [-0.15, -0.1) is 0 Å². The van der Waals surface area contributed by atoms with Gasteiger partial charge in [0, 0.05) is 37.0 Å². The molecule has 1 heterocycles. The molecule has 1 aromatic heterocycles. The van der Waals surface area contributed by atoms with Gasteiger partial charge in [-0.1, -0.05) is 18.2 Å². The van der Waals surface area contributed by atoms with Gasteiger partial charge >= 0.3 is 0 Å². The van der Waals surface area contributed by atoms with Crippen molar-refractivity contribution in [2.75, 3.05) is 37.4 Å². The van der Waals surface area contributed by atoms with E-state index in [1.807, 2.05) is 44.2 Å². The van der Waals surface area contributed by atoms with Gasteiger partial charge < -0.3 is 20.7 Å². The molecule has 0 atom stereocenters. The van der Waals surface area contributed by atoms with Crippen molar-refractivity contribution in [3.63, 3.8) is 0 Å². The second-order valence-corrected chi connectivity index (χ2v) is 6.71. The zero-order valence-electron chi connectivity index (χ0n) is 16.1. The molecule has 1 saturated carbocycles. The molecule has 3 N–H and O–H groups in total. The van der Waals surface area contributed by atoms with E-state index >= 15 is 0 Å². The van der Waals surface area contributed by atoms with Gasteiger partial charge in [0.25, 0.3) is 0 Å². The number of para-hydroxylation sites is 1. The van der Waals surface area contributed by atoms with Gasteiger partial charge in [-0.05, 0) is 32.8 Å². The Morgan fingerprint density at radius 3 is 2.67 bits per heavy atom. The number of anilines is 2. The molecule has 27 heavy (non-hydrogen) atoms. The van der Waals surface area contributed by atoms with E-state index in [4.69, 9.17) is 4.74 Å². The number of nitrogens with one attached hydrogen (secondary N) is 3. The van der Waals surface area contributed by atoms with Gasteiger partial charge in [0.2, 0.25) is 11.9 Å². The second-order valence-electron chi connectivity index (χ2n) is 6.71. The number of benzene rings is 1. The van der Waals surface area contributed by atoms with Crippen LogP contribution in [0.2, 0.25) is 0 Å². The number of methoxy groups -OCH3 is 1. The summed E-state index contributed by atoms with van der Waals surface area (Å²) in [5.41, 5.74) is 1.41. The molecule has 1 amide bonds. The van der Waals surface area contributed by atoms with E-state index in [2.05, 4.69) is 25.9 Å². The van der Waals surface area contributed by atoms with Crippen LogP contribution < -0.4 is 20.7 Å². The number of aryl methyl sites for hydroxylation is 1. The summed E-state index contributed by atoms with van der Waals surface area (Å²) >= 11 is 0. The van der Waals surface area contributed by atoms with Crippen LogP contribution in [0.15, 0.2) is 30.3 Å². The van der Waals surface area contributed by atoms with Crippen molar-refractivity contribution in [3.05, 3.63) is 41.6 Å². The van der Waals surface area contributed by atoms with Crippen molar-refractivity contribution < 1.29 is 9.53 Å². The number of amides is 1. The predicted molar refractivity (Wildman–Crippen MR) is 106 cm³/mol. The zero-order valence-corrected chi connectivity index (χ0v) is 16.1. The summed E-state index contributed by atoms with van der Waals surface area (Å²) in [6.45, 7) is 5.82. The Kier molecular flexibility index (Phi) is 5.78. The van der Waals surface area contributed by atoms with E-state index in [9.17, 15) is 4.79 Å². The number of ether oxygens (including phenoxy) is 1. The first kappa shape index (κ1) is 18.9. The zero-order chi connectivity index (χ0) is 19.3. The van der Waals surface area contributed by atoms with E-state index in [1.165, 1.54) is 0 Å². The van der Waals surface area contributed by atoms with Crippen molar-refractivity contribution in [1.82, 2.24) is 15.3 Å². The third-order valence-electron chi connectivity index (χ3n) is 4.71. The highest BCUT2D eigenvalue weighted by Crippen LogP contribution is 2.51. The maximum Gasteiger partial charge on any atom is 0.230 e. The Morgan fingerprint density at radius 1 is 1.19 bits per heavy atom. The lowest BCUT2D eigenvalue weighted by atomic mass is 9.94. The van der Waals surface area contributed by atoms with E-state index in [-0.39, 0.29) is 5.91 Å². The van der Waals surface area contributed by atoms with Crippen LogP contribution in [-0.2, 0) is 10.2 Å². The lowest BCUT2D eigenvalue weighted by molar-refractivity contribution is -0.123. The fourth-order valence-corrected chi connectivity index (χ4v) is 3.22. The first-order valence-corrected chi connectivity index (χ1v) is 9.34. The fourth-order valence-electron chi connectivity index (χ4n) is 3.22. The number of carbonyl (C=O) groups is 1. The molecule has 0 radical (unpaired) electrons. The Hall–Kier alpha value is -2.83. The van der Waals surface area contributed by atoms with Gasteiger partial charge in [-0.25, -0.2) is 4.98 Å². The van der Waals surface area contributed by atoms with Crippen LogP contribution in [0.25, 0.3) is 0 Å². The molecule has 0 bridgehead atoms. The van der Waals surface area contributed by atoms with Crippen molar-refractivity contribution in [2.24, 2.45) is 0 Å². The smallest absolute Gasteiger partial charge is 0.230 e. The van der Waals surface area contributed by atoms with Crippen LogP contribution in [0.1, 0.15) is 31.0 Å². The molecule has 2 aromatic rings. The maximum absolute atomic E-state index is 12.8. The lowest BCUT2D eigenvalue weighted by Crippen LogP contribution is -2.37. The molecular weight excluding hydrogens is 342 g/mol. The second kappa shape index (κ2) is 8.24. The highest BCUT2D eigenvalue weighted by Gasteiger charge is 2.52. The molecule has 1 aliphatic rings. The molecule has 0 aliphatic heterocycles. The third kappa shape index (κ3) is 4.30. The largest absolute Gasteiger partial charge is 0.496 e. The molecule has 3 rings (SSSR count). The lowest BCUT2D eigenvalue weighted by Gasteiger charge is -2.18. The van der Waals surface area contributed by atoms with Crippen molar-refractivity contribution >= 4 is 17.7 Å². The summed E-state index contributed by atoms with van der Waals surface area (Å²) in [5.74, 6) is 2.19. The predicted octanol–water partition coefficient (Wildman–Crippen LogP) is 2.49. The SMILES string of the molecule is CCNc1nc(C)cc(NCCNC(=O)C2(c3ccccc3OC)CC2)n1. The molecule has 7 nitrogen and oxygen atoms in total. The van der Waals surface area contributed by atoms with Gasteiger partial charge in [0.1, 0.15) is 11.6 Å². The van der Waals surface area contributed by atoms with Gasteiger partial charge in [0.05, 0.1) is 12.5 Å². The molecule has 0 unspecified atom stereocenters. The number of hydrogen-bond acceptors (Lipinski definition) is 6. The third-order valence-corrected chi connectivity index (χ3v) is 4.71. The van der Waals surface area contributed by atoms with Crippen LogP contribution in [0.5, 0.6) is 5.75 Å². The summed E-state index contributed by atoms with van der Waals surface area (Å²) in [6, 6.07) is 9.65. The van der Waals surface area contributed by atoms with E-state index in [0.29, 0.717) is 19.0 Å². The molecule has 1 aromatic carbocycles. The number of carbonyl (C=O) groups excluding carboxylic acids is 1. The molecular formula is C20H27N5O2. The number of nitrogens with zero attached hydrogens (tertiary/aromatic N) is 2. The molecule has 1 fully saturated rings. The van der Waals surface area contributed by atoms with Crippen LogP contribution >= 0.6 is 0 Å². The summed E-state index contributed by atoms with van der Waals surface area (Å²) in [4.78, 5) is 21.5. The van der Waals surface area contributed by atoms with Crippen LogP contribution in [0, 0.1) is 6.92 Å². The highest BCUT2D eigenvalue weighted by atomic mass is 16.5. The summed E-state index contributed by atoms with van der Waals surface area (Å²) in [7, 11) is 1.64. The van der Waals surface area contributed by atoms with E-state index in [1.54, 1.807) is 7.11 Å². The average Bonchev–Trinajstić information content (AvgIpc) is 3.47. The first-order valence-electron chi connectivity index (χ1n) is 9.34. The number of aromatic nitrogens is 2. The molecule has 144 valence electrons. The average molecular weight is 369 g/mol. The monoisotopic (exact) mass is 369 g/mol. The minimum absolute atomic E-state index is 0.0565. The summed E-state index contributed by atoms with van der Waals surface area (Å²) in [6.07, 6.45) is 1.70. The van der Waals surface area contributed by atoms with Gasteiger partial charge in [-0.3, -0.25) is 4.79 Å². The maximum atomic E-state index is 12.8. The van der Waals surface area contributed by atoms with Gasteiger partial charge in [0.15, 0.2) is 0 Å². The van der Waals surface area contributed by atoms with Crippen LogP contribution in [0.3, 0.4) is 0 Å².